The van der Waals surface area contributed by atoms with Crippen LogP contribution in [0.3, 0.4) is 0 Å². The van der Waals surface area contributed by atoms with Crippen molar-refractivity contribution in [2.24, 2.45) is 11.3 Å². The van der Waals surface area contributed by atoms with Gasteiger partial charge in [0.1, 0.15) is 18.2 Å². The van der Waals surface area contributed by atoms with E-state index in [-0.39, 0.29) is 41.8 Å². The second kappa shape index (κ2) is 7.41. The van der Waals surface area contributed by atoms with Gasteiger partial charge >= 0.3 is 0 Å². The van der Waals surface area contributed by atoms with Crippen molar-refractivity contribution >= 4 is 11.5 Å². The van der Waals surface area contributed by atoms with Crippen LogP contribution in [0.25, 0.3) is 0 Å². The maximum Gasteiger partial charge on any atom is 0.185 e. The van der Waals surface area contributed by atoms with Crippen LogP contribution in [-0.2, 0) is 22.3 Å². The molecule has 0 amide bonds. The zero-order valence-corrected chi connectivity index (χ0v) is 19.1. The van der Waals surface area contributed by atoms with Gasteiger partial charge in [0.15, 0.2) is 6.29 Å². The van der Waals surface area contributed by atoms with Crippen LogP contribution in [0.5, 0.6) is 0 Å². The van der Waals surface area contributed by atoms with Crippen LogP contribution in [0.15, 0.2) is 18.7 Å². The molecule has 5 rings (SSSR count). The average Bonchev–Trinajstić information content (AvgIpc) is 3.46. The standard InChI is InChI=1S/C24H33N5O2/c1-12(2)30-23-21(31-23)17-13(3)28-22-19(18(17)14-9-26-11-27-10-14)20(25)15-8-24(4,5)7-6-16(15)29-22/h9-13,17-18,21,23H,6-8H2,1-5H3,(H3,25,28,29). The van der Waals surface area contributed by atoms with Crippen molar-refractivity contribution in [1.82, 2.24) is 15.0 Å². The average molecular weight is 424 g/mol. The first-order chi connectivity index (χ1) is 14.7. The van der Waals surface area contributed by atoms with Crippen LogP contribution in [0.1, 0.15) is 69.3 Å². The van der Waals surface area contributed by atoms with Crippen molar-refractivity contribution in [3.05, 3.63) is 41.1 Å². The molecule has 7 heteroatoms. The molecule has 0 bridgehead atoms. The Hall–Kier alpha value is -2.25. The molecule has 166 valence electrons. The summed E-state index contributed by atoms with van der Waals surface area (Å²) < 4.78 is 12.0. The van der Waals surface area contributed by atoms with Crippen LogP contribution >= 0.6 is 0 Å². The van der Waals surface area contributed by atoms with E-state index >= 15 is 0 Å². The quantitative estimate of drug-likeness (QED) is 0.724. The number of nitrogens with two attached hydrogens (primary N) is 1. The van der Waals surface area contributed by atoms with Crippen molar-refractivity contribution < 1.29 is 9.47 Å². The van der Waals surface area contributed by atoms with E-state index < -0.39 is 0 Å². The smallest absolute Gasteiger partial charge is 0.185 e. The van der Waals surface area contributed by atoms with Crippen LogP contribution in [0.4, 0.5) is 11.5 Å². The van der Waals surface area contributed by atoms with Gasteiger partial charge in [-0.25, -0.2) is 15.0 Å². The first kappa shape index (κ1) is 20.6. The minimum Gasteiger partial charge on any atom is -0.398 e. The summed E-state index contributed by atoms with van der Waals surface area (Å²) in [6, 6.07) is 0.147. The Kier molecular flexibility index (Phi) is 4.94. The summed E-state index contributed by atoms with van der Waals surface area (Å²) in [7, 11) is 0. The largest absolute Gasteiger partial charge is 0.398 e. The summed E-state index contributed by atoms with van der Waals surface area (Å²) in [5.41, 5.74) is 12.5. The van der Waals surface area contributed by atoms with E-state index in [0.717, 1.165) is 47.6 Å². The first-order valence-electron chi connectivity index (χ1n) is 11.4. The molecule has 31 heavy (non-hydrogen) atoms. The Morgan fingerprint density at radius 1 is 1.26 bits per heavy atom. The number of nitrogens with one attached hydrogen (secondary N) is 1. The van der Waals surface area contributed by atoms with Gasteiger partial charge in [-0.05, 0) is 56.6 Å². The monoisotopic (exact) mass is 423 g/mol. The van der Waals surface area contributed by atoms with E-state index in [1.54, 1.807) is 6.33 Å². The van der Waals surface area contributed by atoms with Gasteiger partial charge in [-0.3, -0.25) is 0 Å². The molecule has 1 saturated heterocycles. The molecule has 0 saturated carbocycles. The molecule has 0 radical (unpaired) electrons. The van der Waals surface area contributed by atoms with Crippen molar-refractivity contribution in [1.29, 1.82) is 0 Å². The maximum atomic E-state index is 6.92. The number of fused-ring (bicyclic) bond motifs is 2. The predicted molar refractivity (Wildman–Crippen MR) is 120 cm³/mol. The normalized spacial score (nSPS) is 31.0. The van der Waals surface area contributed by atoms with Gasteiger partial charge in [-0.2, -0.15) is 0 Å². The van der Waals surface area contributed by atoms with Gasteiger partial charge < -0.3 is 20.5 Å². The number of nitrogens with zero attached hydrogens (tertiary/aromatic N) is 3. The molecule has 4 heterocycles. The molecule has 0 aromatic carbocycles. The van der Waals surface area contributed by atoms with Gasteiger partial charge in [-0.1, -0.05) is 13.8 Å². The van der Waals surface area contributed by atoms with E-state index in [2.05, 4.69) is 36.1 Å². The molecular weight excluding hydrogens is 390 g/mol. The van der Waals surface area contributed by atoms with Crippen LogP contribution < -0.4 is 11.1 Å². The van der Waals surface area contributed by atoms with E-state index in [1.165, 1.54) is 5.56 Å². The molecule has 3 N–H and O–H groups in total. The topological polar surface area (TPSA) is 98.5 Å². The third-order valence-electron chi connectivity index (χ3n) is 7.01. The number of ether oxygens (including phenoxy) is 2. The lowest BCUT2D eigenvalue weighted by atomic mass is 9.70. The summed E-state index contributed by atoms with van der Waals surface area (Å²) in [4.78, 5) is 13.7. The number of hydrogen-bond donors (Lipinski definition) is 2. The highest BCUT2D eigenvalue weighted by atomic mass is 16.8. The Labute approximate surface area is 184 Å². The molecule has 2 aromatic rings. The second-order valence-electron chi connectivity index (χ2n) is 10.4. The lowest BCUT2D eigenvalue weighted by molar-refractivity contribution is 0.00786. The summed E-state index contributed by atoms with van der Waals surface area (Å²) in [5.74, 6) is 1.04. The highest BCUT2D eigenvalue weighted by molar-refractivity contribution is 5.70. The third-order valence-corrected chi connectivity index (χ3v) is 7.01. The van der Waals surface area contributed by atoms with Crippen LogP contribution in [-0.4, -0.2) is 39.5 Å². The fourth-order valence-electron chi connectivity index (χ4n) is 5.45. The van der Waals surface area contributed by atoms with E-state index in [1.807, 2.05) is 26.2 Å². The number of nitrogen functional groups attached to an aromatic ring is 1. The number of aryl methyl sites for hydroxylation is 1. The van der Waals surface area contributed by atoms with Gasteiger partial charge in [0.2, 0.25) is 0 Å². The summed E-state index contributed by atoms with van der Waals surface area (Å²) in [5, 5.41) is 3.65. The number of hydrogen-bond acceptors (Lipinski definition) is 7. The van der Waals surface area contributed by atoms with Gasteiger partial charge in [0.25, 0.3) is 0 Å². The molecule has 7 nitrogen and oxygen atoms in total. The lowest BCUT2D eigenvalue weighted by Crippen LogP contribution is -2.42. The van der Waals surface area contributed by atoms with E-state index in [4.69, 9.17) is 20.2 Å². The van der Waals surface area contributed by atoms with Crippen molar-refractivity contribution in [2.45, 2.75) is 84.3 Å². The van der Waals surface area contributed by atoms with Crippen LogP contribution in [0.2, 0.25) is 0 Å². The van der Waals surface area contributed by atoms with Crippen molar-refractivity contribution in [2.75, 3.05) is 11.1 Å². The predicted octanol–water partition coefficient (Wildman–Crippen LogP) is 3.68. The van der Waals surface area contributed by atoms with E-state index in [0.29, 0.717) is 0 Å². The molecule has 5 atom stereocenters. The minimum atomic E-state index is -0.186. The van der Waals surface area contributed by atoms with Gasteiger partial charge in [0.05, 0.1) is 6.10 Å². The number of epoxide rings is 1. The summed E-state index contributed by atoms with van der Waals surface area (Å²) in [6.45, 7) is 10.9. The van der Waals surface area contributed by atoms with Gasteiger partial charge in [0, 0.05) is 47.2 Å². The number of aromatic nitrogens is 3. The van der Waals surface area contributed by atoms with Crippen LogP contribution in [0, 0.1) is 11.3 Å². The SMILES string of the molecule is CC(C)OC1OC1C1C(C)Nc2nc3c(c(N)c2C1c1cncnc1)CC(C)(C)CC3. The molecule has 3 aliphatic rings. The zero-order valence-electron chi connectivity index (χ0n) is 19.1. The zero-order chi connectivity index (χ0) is 21.9. The number of anilines is 2. The number of pyridine rings is 1. The number of rotatable bonds is 4. The molecule has 2 aliphatic heterocycles. The Morgan fingerprint density at radius 2 is 2.00 bits per heavy atom. The Morgan fingerprint density at radius 3 is 2.71 bits per heavy atom. The summed E-state index contributed by atoms with van der Waals surface area (Å²) in [6.07, 6.45) is 8.34. The molecule has 5 unspecified atom stereocenters. The maximum absolute atomic E-state index is 6.92. The third kappa shape index (κ3) is 3.68. The molecule has 2 aromatic heterocycles. The molecule has 0 spiro atoms. The minimum absolute atomic E-state index is 0.000973. The van der Waals surface area contributed by atoms with Crippen molar-refractivity contribution in [3.8, 4) is 0 Å². The van der Waals surface area contributed by atoms with Crippen molar-refractivity contribution in [3.63, 3.8) is 0 Å². The lowest BCUT2D eigenvalue weighted by Gasteiger charge is -2.41. The first-order valence-corrected chi connectivity index (χ1v) is 11.4. The fourth-order valence-corrected chi connectivity index (χ4v) is 5.45. The highest BCUT2D eigenvalue weighted by Gasteiger charge is 2.54. The molecule has 1 aliphatic carbocycles. The fraction of sp³-hybridized carbons (Fsp3) is 0.625. The summed E-state index contributed by atoms with van der Waals surface area (Å²) >= 11 is 0. The highest BCUT2D eigenvalue weighted by Crippen LogP contribution is 2.52. The second-order valence-corrected chi connectivity index (χ2v) is 10.4. The Balaban J connectivity index is 1.62. The van der Waals surface area contributed by atoms with E-state index in [9.17, 15) is 0 Å². The molecule has 1 fully saturated rings. The Bertz CT molecular complexity index is 978. The van der Waals surface area contributed by atoms with Gasteiger partial charge in [-0.15, -0.1) is 0 Å². The molecular formula is C24H33N5O2.